The molecule has 1 unspecified atom stereocenters. The Kier molecular flexibility index (Phi) is 6.79. The Morgan fingerprint density at radius 3 is 2.39 bits per heavy atom. The van der Waals surface area contributed by atoms with Crippen molar-refractivity contribution in [3.05, 3.63) is 99.1 Å². The highest BCUT2D eigenvalue weighted by molar-refractivity contribution is 6.30. The van der Waals surface area contributed by atoms with E-state index >= 15 is 0 Å². The van der Waals surface area contributed by atoms with Crippen LogP contribution in [0.2, 0.25) is 5.02 Å². The van der Waals surface area contributed by atoms with Crippen molar-refractivity contribution in [2.24, 2.45) is 0 Å². The van der Waals surface area contributed by atoms with Crippen molar-refractivity contribution in [1.82, 2.24) is 4.90 Å². The normalized spacial score (nSPS) is 14.6. The monoisotopic (exact) mass is 464 g/mol. The molecule has 7 nitrogen and oxygen atoms in total. The summed E-state index contributed by atoms with van der Waals surface area (Å²) in [6, 6.07) is 21.8. The van der Waals surface area contributed by atoms with Gasteiger partial charge in [-0.1, -0.05) is 48.0 Å². The van der Waals surface area contributed by atoms with Gasteiger partial charge in [-0.2, -0.15) is 0 Å². The summed E-state index contributed by atoms with van der Waals surface area (Å²) in [5, 5.41) is 15.4. The predicted molar refractivity (Wildman–Crippen MR) is 131 cm³/mol. The van der Waals surface area contributed by atoms with Gasteiger partial charge in [0.15, 0.2) is 0 Å². The first kappa shape index (κ1) is 22.6. The molecule has 1 atom stereocenters. The number of carbonyl (C=O) groups excluding carboxylic acids is 1. The second-order valence-corrected chi connectivity index (χ2v) is 8.46. The van der Waals surface area contributed by atoms with Crippen LogP contribution in [-0.4, -0.2) is 41.9 Å². The molecule has 1 saturated heterocycles. The fraction of sp³-hybridized carbons (Fsp3) is 0.240. The topological polar surface area (TPSA) is 78.7 Å². The van der Waals surface area contributed by atoms with Gasteiger partial charge in [0.2, 0.25) is 0 Å². The van der Waals surface area contributed by atoms with Crippen LogP contribution in [0.15, 0.2) is 72.8 Å². The minimum atomic E-state index is -0.370. The minimum absolute atomic E-state index is 0.0382. The van der Waals surface area contributed by atoms with E-state index in [0.29, 0.717) is 42.5 Å². The molecule has 3 aromatic carbocycles. The van der Waals surface area contributed by atoms with Gasteiger partial charge in [-0.3, -0.25) is 14.9 Å². The van der Waals surface area contributed by atoms with E-state index in [0.717, 1.165) is 11.3 Å². The number of hydrogen-bond donors (Lipinski definition) is 1. The number of anilines is 2. The summed E-state index contributed by atoms with van der Waals surface area (Å²) in [4.78, 5) is 28.0. The molecule has 0 bridgehead atoms. The fourth-order valence-corrected chi connectivity index (χ4v) is 4.22. The predicted octanol–water partition coefficient (Wildman–Crippen LogP) is 5.38. The number of amides is 1. The van der Waals surface area contributed by atoms with Crippen molar-refractivity contribution in [3.63, 3.8) is 0 Å². The number of nitro groups is 1. The van der Waals surface area contributed by atoms with Crippen molar-refractivity contribution in [2.75, 3.05) is 36.4 Å². The Labute approximate surface area is 197 Å². The molecule has 1 amide bonds. The number of piperazine rings is 1. The van der Waals surface area contributed by atoms with Gasteiger partial charge in [0, 0.05) is 54.6 Å². The maximum atomic E-state index is 12.8. The van der Waals surface area contributed by atoms with Gasteiger partial charge in [0.25, 0.3) is 11.6 Å². The van der Waals surface area contributed by atoms with Crippen LogP contribution in [0.25, 0.3) is 0 Å². The lowest BCUT2D eigenvalue weighted by Crippen LogP contribution is -2.48. The molecule has 0 aliphatic carbocycles. The summed E-state index contributed by atoms with van der Waals surface area (Å²) in [5.74, 6) is -0.0418. The SMILES string of the molecule is CC(Nc1cc(N2CCN(C(=O)c3cccc(Cl)c3)CC2)ccc1[N+](=O)[O-])c1ccccc1. The van der Waals surface area contributed by atoms with Gasteiger partial charge in [-0.15, -0.1) is 0 Å². The number of nitrogens with zero attached hydrogens (tertiary/aromatic N) is 3. The van der Waals surface area contributed by atoms with Gasteiger partial charge >= 0.3 is 0 Å². The Hall–Kier alpha value is -3.58. The fourth-order valence-electron chi connectivity index (χ4n) is 4.03. The van der Waals surface area contributed by atoms with Crippen LogP contribution in [0.1, 0.15) is 28.9 Å². The molecule has 1 aliphatic heterocycles. The smallest absolute Gasteiger partial charge is 0.292 e. The van der Waals surface area contributed by atoms with E-state index in [4.69, 9.17) is 11.6 Å². The van der Waals surface area contributed by atoms with Crippen molar-refractivity contribution < 1.29 is 9.72 Å². The third-order valence-electron chi connectivity index (χ3n) is 5.85. The third-order valence-corrected chi connectivity index (χ3v) is 6.09. The van der Waals surface area contributed by atoms with Crippen LogP contribution in [0, 0.1) is 10.1 Å². The zero-order valence-corrected chi connectivity index (χ0v) is 19.0. The highest BCUT2D eigenvalue weighted by Crippen LogP contribution is 2.33. The molecular weight excluding hydrogens is 440 g/mol. The van der Waals surface area contributed by atoms with E-state index in [1.807, 2.05) is 48.2 Å². The van der Waals surface area contributed by atoms with E-state index in [9.17, 15) is 14.9 Å². The first-order valence-electron chi connectivity index (χ1n) is 10.8. The van der Waals surface area contributed by atoms with Gasteiger partial charge in [0.1, 0.15) is 5.69 Å². The molecule has 0 saturated carbocycles. The lowest BCUT2D eigenvalue weighted by Gasteiger charge is -2.36. The number of hydrogen-bond acceptors (Lipinski definition) is 5. The summed E-state index contributed by atoms with van der Waals surface area (Å²) in [5.41, 5.74) is 3.03. The van der Waals surface area contributed by atoms with Crippen LogP contribution in [0.4, 0.5) is 17.1 Å². The molecule has 0 spiro atoms. The van der Waals surface area contributed by atoms with E-state index in [-0.39, 0.29) is 22.6 Å². The Balaban J connectivity index is 1.47. The molecule has 1 fully saturated rings. The second-order valence-electron chi connectivity index (χ2n) is 8.02. The van der Waals surface area contributed by atoms with Crippen LogP contribution in [0.3, 0.4) is 0 Å². The van der Waals surface area contributed by atoms with Crippen LogP contribution >= 0.6 is 11.6 Å². The van der Waals surface area contributed by atoms with Crippen molar-refractivity contribution in [2.45, 2.75) is 13.0 Å². The zero-order chi connectivity index (χ0) is 23.4. The Bertz CT molecular complexity index is 1150. The van der Waals surface area contributed by atoms with Gasteiger partial charge in [-0.05, 0) is 42.8 Å². The minimum Gasteiger partial charge on any atom is -0.373 e. The number of carbonyl (C=O) groups is 1. The van der Waals surface area contributed by atoms with Crippen LogP contribution in [0.5, 0.6) is 0 Å². The molecule has 8 heteroatoms. The highest BCUT2D eigenvalue weighted by Gasteiger charge is 2.24. The Morgan fingerprint density at radius 2 is 1.73 bits per heavy atom. The molecule has 0 aromatic heterocycles. The molecule has 1 heterocycles. The summed E-state index contributed by atoms with van der Waals surface area (Å²) in [7, 11) is 0. The number of benzene rings is 3. The number of nitro benzene ring substituents is 1. The van der Waals surface area contributed by atoms with E-state index in [2.05, 4.69) is 10.2 Å². The van der Waals surface area contributed by atoms with Crippen LogP contribution in [-0.2, 0) is 0 Å². The molecule has 4 rings (SSSR count). The molecule has 1 aliphatic rings. The maximum absolute atomic E-state index is 12.8. The van der Waals surface area contributed by atoms with Gasteiger partial charge in [-0.25, -0.2) is 0 Å². The average Bonchev–Trinajstić information content (AvgIpc) is 2.84. The van der Waals surface area contributed by atoms with Gasteiger partial charge < -0.3 is 15.1 Å². The Morgan fingerprint density at radius 1 is 1.00 bits per heavy atom. The van der Waals surface area contributed by atoms with Crippen molar-refractivity contribution in [1.29, 1.82) is 0 Å². The maximum Gasteiger partial charge on any atom is 0.292 e. The molecule has 0 radical (unpaired) electrons. The molecule has 170 valence electrons. The molecule has 33 heavy (non-hydrogen) atoms. The molecule has 3 aromatic rings. The summed E-state index contributed by atoms with van der Waals surface area (Å²) < 4.78 is 0. The standard InChI is InChI=1S/C25H25ClN4O3/c1-18(19-6-3-2-4-7-19)27-23-17-22(10-11-24(23)30(32)33)28-12-14-29(15-13-28)25(31)20-8-5-9-21(26)16-20/h2-11,16-18,27H,12-15H2,1H3. The summed E-state index contributed by atoms with van der Waals surface area (Å²) in [6.07, 6.45) is 0. The summed E-state index contributed by atoms with van der Waals surface area (Å²) >= 11 is 6.02. The van der Waals surface area contributed by atoms with Gasteiger partial charge in [0.05, 0.1) is 4.92 Å². The molecule has 1 N–H and O–H groups in total. The van der Waals surface area contributed by atoms with Crippen LogP contribution < -0.4 is 10.2 Å². The first-order chi connectivity index (χ1) is 15.9. The summed E-state index contributed by atoms with van der Waals surface area (Å²) in [6.45, 7) is 4.37. The largest absolute Gasteiger partial charge is 0.373 e. The first-order valence-corrected chi connectivity index (χ1v) is 11.2. The quantitative estimate of drug-likeness (QED) is 0.391. The second kappa shape index (κ2) is 9.92. The lowest BCUT2D eigenvalue weighted by atomic mass is 10.1. The molecular formula is C25H25ClN4O3. The van der Waals surface area contributed by atoms with E-state index < -0.39 is 0 Å². The van der Waals surface area contributed by atoms with E-state index in [1.165, 1.54) is 0 Å². The zero-order valence-electron chi connectivity index (χ0n) is 18.3. The lowest BCUT2D eigenvalue weighted by molar-refractivity contribution is -0.384. The van der Waals surface area contributed by atoms with Crippen molar-refractivity contribution in [3.8, 4) is 0 Å². The third kappa shape index (κ3) is 5.26. The number of rotatable bonds is 6. The highest BCUT2D eigenvalue weighted by atomic mass is 35.5. The van der Waals surface area contributed by atoms with E-state index in [1.54, 1.807) is 36.4 Å². The average molecular weight is 465 g/mol. The number of nitrogens with one attached hydrogen (secondary N) is 1. The van der Waals surface area contributed by atoms with Crippen molar-refractivity contribution >= 4 is 34.6 Å². The number of halogens is 1.